The normalized spacial score (nSPS) is 14.9. The number of rotatable bonds is 5. The van der Waals surface area contributed by atoms with Crippen LogP contribution >= 0.6 is 0 Å². The van der Waals surface area contributed by atoms with Crippen molar-refractivity contribution in [3.05, 3.63) is 29.8 Å². The summed E-state index contributed by atoms with van der Waals surface area (Å²) in [5.74, 6) is 5.41. The number of hydrazine groups is 1. The van der Waals surface area contributed by atoms with Crippen LogP contribution in [0.3, 0.4) is 0 Å². The summed E-state index contributed by atoms with van der Waals surface area (Å²) in [5, 5.41) is 0. The predicted octanol–water partition coefficient (Wildman–Crippen LogP) is 2.16. The lowest BCUT2D eigenvalue weighted by atomic mass is 9.94. The molecule has 1 aromatic heterocycles. The molecule has 0 aromatic carbocycles. The van der Waals surface area contributed by atoms with Crippen molar-refractivity contribution in [3.63, 3.8) is 0 Å². The van der Waals surface area contributed by atoms with Crippen molar-refractivity contribution in [2.45, 2.75) is 32.7 Å². The number of hydrogen-bond donors (Lipinski definition) is 2. The first-order chi connectivity index (χ1) is 7.20. The van der Waals surface area contributed by atoms with Crippen LogP contribution in [-0.4, -0.2) is 4.98 Å². The lowest BCUT2D eigenvalue weighted by Gasteiger charge is -2.22. The van der Waals surface area contributed by atoms with Gasteiger partial charge in [0, 0.05) is 6.20 Å². The summed E-state index contributed by atoms with van der Waals surface area (Å²) in [6, 6.07) is 2.77. The van der Waals surface area contributed by atoms with Crippen molar-refractivity contribution in [2.75, 3.05) is 0 Å². The van der Waals surface area contributed by atoms with E-state index in [4.69, 9.17) is 5.84 Å². The van der Waals surface area contributed by atoms with Crippen LogP contribution in [-0.2, 0) is 0 Å². The zero-order valence-corrected chi connectivity index (χ0v) is 9.20. The topological polar surface area (TPSA) is 50.9 Å². The average molecular weight is 211 g/mol. The van der Waals surface area contributed by atoms with Crippen LogP contribution in [0.5, 0.6) is 0 Å². The lowest BCUT2D eigenvalue weighted by molar-refractivity contribution is 0.349. The van der Waals surface area contributed by atoms with Gasteiger partial charge in [0.05, 0.1) is 11.7 Å². The van der Waals surface area contributed by atoms with Crippen LogP contribution in [0, 0.1) is 11.7 Å². The van der Waals surface area contributed by atoms with E-state index in [0.29, 0.717) is 5.69 Å². The quantitative estimate of drug-likeness (QED) is 0.579. The zero-order chi connectivity index (χ0) is 11.3. The van der Waals surface area contributed by atoms with Crippen LogP contribution in [0.15, 0.2) is 18.3 Å². The standard InChI is InChI=1S/C11H18FN3/c1-3-5-8(2)10(15-13)11-9(12)6-4-7-14-11/h4,6-8,10,15H,3,5,13H2,1-2H3. The molecule has 0 bridgehead atoms. The fourth-order valence-corrected chi connectivity index (χ4v) is 1.76. The summed E-state index contributed by atoms with van der Waals surface area (Å²) in [7, 11) is 0. The van der Waals surface area contributed by atoms with E-state index in [1.54, 1.807) is 12.3 Å². The summed E-state index contributed by atoms with van der Waals surface area (Å²) < 4.78 is 13.5. The Bertz CT molecular complexity index is 304. The summed E-state index contributed by atoms with van der Waals surface area (Å²) in [6.07, 6.45) is 3.63. The van der Waals surface area contributed by atoms with Gasteiger partial charge in [0.2, 0.25) is 0 Å². The van der Waals surface area contributed by atoms with Crippen LogP contribution in [0.25, 0.3) is 0 Å². The number of halogens is 1. The highest BCUT2D eigenvalue weighted by atomic mass is 19.1. The number of hydrogen-bond acceptors (Lipinski definition) is 3. The summed E-state index contributed by atoms with van der Waals surface area (Å²) in [4.78, 5) is 4.04. The highest BCUT2D eigenvalue weighted by Crippen LogP contribution is 2.24. The van der Waals surface area contributed by atoms with Crippen molar-refractivity contribution in [3.8, 4) is 0 Å². The Hall–Kier alpha value is -1.00. The van der Waals surface area contributed by atoms with E-state index in [-0.39, 0.29) is 17.8 Å². The monoisotopic (exact) mass is 211 g/mol. The van der Waals surface area contributed by atoms with E-state index in [0.717, 1.165) is 12.8 Å². The van der Waals surface area contributed by atoms with Crippen molar-refractivity contribution in [2.24, 2.45) is 11.8 Å². The molecule has 0 amide bonds. The molecule has 0 saturated carbocycles. The summed E-state index contributed by atoms with van der Waals surface area (Å²) >= 11 is 0. The minimum absolute atomic E-state index is 0.217. The molecule has 0 spiro atoms. The number of nitrogens with two attached hydrogens (primary N) is 1. The maximum atomic E-state index is 13.5. The van der Waals surface area contributed by atoms with E-state index in [2.05, 4.69) is 17.3 Å². The second-order valence-corrected chi connectivity index (χ2v) is 3.78. The average Bonchev–Trinajstić information content (AvgIpc) is 2.22. The van der Waals surface area contributed by atoms with Crippen molar-refractivity contribution in [1.29, 1.82) is 0 Å². The molecule has 0 aliphatic rings. The molecule has 0 aliphatic carbocycles. The van der Waals surface area contributed by atoms with Gasteiger partial charge < -0.3 is 0 Å². The smallest absolute Gasteiger partial charge is 0.146 e. The Labute approximate surface area is 89.9 Å². The van der Waals surface area contributed by atoms with Gasteiger partial charge in [0.25, 0.3) is 0 Å². The van der Waals surface area contributed by atoms with E-state index < -0.39 is 0 Å². The maximum Gasteiger partial charge on any atom is 0.146 e. The number of nitrogens with zero attached hydrogens (tertiary/aromatic N) is 1. The first-order valence-corrected chi connectivity index (χ1v) is 5.27. The summed E-state index contributed by atoms with van der Waals surface area (Å²) in [6.45, 7) is 4.14. The molecule has 3 nitrogen and oxygen atoms in total. The van der Waals surface area contributed by atoms with Gasteiger partial charge in [-0.05, 0) is 24.5 Å². The van der Waals surface area contributed by atoms with Crippen molar-refractivity contribution >= 4 is 0 Å². The van der Waals surface area contributed by atoms with Gasteiger partial charge in [0.15, 0.2) is 0 Å². The van der Waals surface area contributed by atoms with Gasteiger partial charge in [0.1, 0.15) is 5.82 Å². The number of pyridine rings is 1. The Kier molecular flexibility index (Phi) is 4.65. The van der Waals surface area contributed by atoms with Gasteiger partial charge in [-0.2, -0.15) is 0 Å². The second-order valence-electron chi connectivity index (χ2n) is 3.78. The van der Waals surface area contributed by atoms with E-state index in [1.165, 1.54) is 6.07 Å². The van der Waals surface area contributed by atoms with E-state index >= 15 is 0 Å². The van der Waals surface area contributed by atoms with E-state index in [9.17, 15) is 4.39 Å². The third-order valence-electron chi connectivity index (χ3n) is 2.57. The first kappa shape index (κ1) is 12.1. The predicted molar refractivity (Wildman–Crippen MR) is 58.3 cm³/mol. The first-order valence-electron chi connectivity index (χ1n) is 5.27. The fraction of sp³-hybridized carbons (Fsp3) is 0.545. The largest absolute Gasteiger partial charge is 0.271 e. The minimum Gasteiger partial charge on any atom is -0.271 e. The molecular formula is C11H18FN3. The molecule has 2 atom stereocenters. The molecule has 1 aromatic rings. The molecule has 1 rings (SSSR count). The molecule has 1 heterocycles. The van der Waals surface area contributed by atoms with Gasteiger partial charge in [-0.1, -0.05) is 20.3 Å². The summed E-state index contributed by atoms with van der Waals surface area (Å²) in [5.41, 5.74) is 3.04. The molecule has 0 fully saturated rings. The Morgan fingerprint density at radius 1 is 1.60 bits per heavy atom. The molecule has 4 heteroatoms. The van der Waals surface area contributed by atoms with Gasteiger partial charge in [-0.25, -0.2) is 4.39 Å². The minimum atomic E-state index is -0.302. The molecule has 3 N–H and O–H groups in total. The van der Waals surface area contributed by atoms with Crippen LogP contribution < -0.4 is 11.3 Å². The van der Waals surface area contributed by atoms with Crippen LogP contribution in [0.4, 0.5) is 4.39 Å². The van der Waals surface area contributed by atoms with Gasteiger partial charge in [-0.3, -0.25) is 16.3 Å². The Balaban J connectivity index is 2.87. The third-order valence-corrected chi connectivity index (χ3v) is 2.57. The maximum absolute atomic E-state index is 13.5. The number of aromatic nitrogens is 1. The molecular weight excluding hydrogens is 193 g/mol. The van der Waals surface area contributed by atoms with Crippen molar-refractivity contribution in [1.82, 2.24) is 10.4 Å². The van der Waals surface area contributed by atoms with Crippen LogP contribution in [0.1, 0.15) is 38.4 Å². The highest BCUT2D eigenvalue weighted by molar-refractivity contribution is 5.12. The van der Waals surface area contributed by atoms with E-state index in [1.807, 2.05) is 6.92 Å². The molecule has 15 heavy (non-hydrogen) atoms. The highest BCUT2D eigenvalue weighted by Gasteiger charge is 2.21. The molecule has 0 saturated heterocycles. The zero-order valence-electron chi connectivity index (χ0n) is 9.20. The van der Waals surface area contributed by atoms with Gasteiger partial charge >= 0.3 is 0 Å². The van der Waals surface area contributed by atoms with Crippen LogP contribution in [0.2, 0.25) is 0 Å². The molecule has 0 aliphatic heterocycles. The molecule has 0 radical (unpaired) electrons. The Morgan fingerprint density at radius 3 is 2.87 bits per heavy atom. The fourth-order valence-electron chi connectivity index (χ4n) is 1.76. The molecule has 84 valence electrons. The second kappa shape index (κ2) is 5.78. The van der Waals surface area contributed by atoms with Gasteiger partial charge in [-0.15, -0.1) is 0 Å². The Morgan fingerprint density at radius 2 is 2.33 bits per heavy atom. The molecule has 2 unspecified atom stereocenters. The third kappa shape index (κ3) is 2.97. The number of nitrogens with one attached hydrogen (secondary N) is 1. The lowest BCUT2D eigenvalue weighted by Crippen LogP contribution is -2.33. The van der Waals surface area contributed by atoms with Crippen molar-refractivity contribution < 1.29 is 4.39 Å². The SMILES string of the molecule is CCCC(C)C(NN)c1ncccc1F.